The predicted molar refractivity (Wildman–Crippen MR) is 73.4 cm³/mol. The molecule has 0 amide bonds. The van der Waals surface area contributed by atoms with Gasteiger partial charge >= 0.3 is 0 Å². The molecule has 0 bridgehead atoms. The highest BCUT2D eigenvalue weighted by atomic mass is 35.5. The Kier molecular flexibility index (Phi) is 2.87. The molecule has 0 N–H and O–H groups in total. The van der Waals surface area contributed by atoms with Crippen LogP contribution in [0, 0.1) is 0 Å². The van der Waals surface area contributed by atoms with E-state index >= 15 is 0 Å². The molecule has 0 spiro atoms. The molecule has 17 heavy (non-hydrogen) atoms. The Morgan fingerprint density at radius 2 is 1.82 bits per heavy atom. The van der Waals surface area contributed by atoms with Gasteiger partial charge in [-0.05, 0) is 23.1 Å². The molecule has 3 rings (SSSR count). The van der Waals surface area contributed by atoms with Crippen LogP contribution < -0.4 is 0 Å². The Bertz CT molecular complexity index is 566. The van der Waals surface area contributed by atoms with Crippen LogP contribution in [-0.2, 0) is 6.54 Å². The van der Waals surface area contributed by atoms with Gasteiger partial charge in [-0.1, -0.05) is 48.0 Å². The lowest BCUT2D eigenvalue weighted by Gasteiger charge is -2.15. The minimum Gasteiger partial charge on any atom is -0.292 e. The molecule has 0 fully saturated rings. The molecular weight excluding hydrogens is 230 g/mol. The molecule has 2 heteroatoms. The van der Waals surface area contributed by atoms with Crippen molar-refractivity contribution < 1.29 is 0 Å². The lowest BCUT2D eigenvalue weighted by atomic mass is 10.1. The second-order valence-corrected chi connectivity index (χ2v) is 4.87. The predicted octanol–water partition coefficient (Wildman–Crippen LogP) is 3.87. The van der Waals surface area contributed by atoms with Crippen molar-refractivity contribution in [3.8, 4) is 0 Å². The first-order valence-corrected chi connectivity index (χ1v) is 6.25. The van der Waals surface area contributed by atoms with Crippen molar-refractivity contribution in [1.82, 2.24) is 4.90 Å². The van der Waals surface area contributed by atoms with E-state index in [2.05, 4.69) is 47.4 Å². The summed E-state index contributed by atoms with van der Waals surface area (Å²) in [6, 6.07) is 12.6. The average molecular weight is 244 g/mol. The van der Waals surface area contributed by atoms with Crippen LogP contribution in [0.5, 0.6) is 0 Å². The van der Waals surface area contributed by atoms with E-state index < -0.39 is 0 Å². The quantitative estimate of drug-likeness (QED) is 0.724. The maximum Gasteiger partial charge on any atom is 0.0487 e. The Morgan fingerprint density at radius 1 is 1.06 bits per heavy atom. The van der Waals surface area contributed by atoms with Gasteiger partial charge in [0.25, 0.3) is 0 Å². The van der Waals surface area contributed by atoms with Crippen molar-refractivity contribution in [3.05, 3.63) is 59.1 Å². The minimum atomic E-state index is 0.852. The number of nitrogens with zero attached hydrogens (tertiary/aromatic N) is 1. The van der Waals surface area contributed by atoms with Gasteiger partial charge in [-0.25, -0.2) is 0 Å². The zero-order valence-electron chi connectivity index (χ0n) is 9.57. The third-order valence-electron chi connectivity index (χ3n) is 3.17. The van der Waals surface area contributed by atoms with E-state index in [0.717, 1.165) is 30.0 Å². The lowest BCUT2D eigenvalue weighted by Crippen LogP contribution is -2.19. The van der Waals surface area contributed by atoms with Crippen LogP contribution in [0.2, 0.25) is 5.02 Å². The van der Waals surface area contributed by atoms with Crippen molar-refractivity contribution in [3.63, 3.8) is 0 Å². The number of benzene rings is 2. The molecule has 1 aliphatic rings. The SMILES string of the molecule is Clc1cc(CN2CC=CC2)cc2ccccc12. The van der Waals surface area contributed by atoms with Crippen LogP contribution in [-0.4, -0.2) is 18.0 Å². The molecule has 0 saturated carbocycles. The number of hydrogen-bond donors (Lipinski definition) is 0. The van der Waals surface area contributed by atoms with E-state index in [1.165, 1.54) is 10.9 Å². The zero-order valence-corrected chi connectivity index (χ0v) is 10.3. The highest BCUT2D eigenvalue weighted by Crippen LogP contribution is 2.26. The summed E-state index contributed by atoms with van der Waals surface area (Å²) < 4.78 is 0. The molecule has 0 unspecified atom stereocenters. The first-order valence-electron chi connectivity index (χ1n) is 5.87. The number of rotatable bonds is 2. The van der Waals surface area contributed by atoms with Gasteiger partial charge in [0.05, 0.1) is 0 Å². The van der Waals surface area contributed by atoms with Gasteiger partial charge in [0.15, 0.2) is 0 Å². The number of fused-ring (bicyclic) bond motifs is 1. The maximum atomic E-state index is 6.31. The van der Waals surface area contributed by atoms with Gasteiger partial charge in [-0.2, -0.15) is 0 Å². The van der Waals surface area contributed by atoms with Gasteiger partial charge in [0.1, 0.15) is 0 Å². The van der Waals surface area contributed by atoms with Crippen molar-refractivity contribution in [2.75, 3.05) is 13.1 Å². The van der Waals surface area contributed by atoms with Crippen molar-refractivity contribution >= 4 is 22.4 Å². The summed E-state index contributed by atoms with van der Waals surface area (Å²) in [5.41, 5.74) is 1.29. The molecule has 2 aromatic carbocycles. The first kappa shape index (κ1) is 10.8. The molecule has 1 nitrogen and oxygen atoms in total. The Morgan fingerprint density at radius 3 is 2.65 bits per heavy atom. The Balaban J connectivity index is 1.94. The maximum absolute atomic E-state index is 6.31. The van der Waals surface area contributed by atoms with Crippen LogP contribution in [0.1, 0.15) is 5.56 Å². The standard InChI is InChI=1S/C15H14ClN/c16-15-10-12(11-17-7-3-4-8-17)9-13-5-1-2-6-14(13)15/h1-6,9-10H,7-8,11H2. The van der Waals surface area contributed by atoms with Crippen LogP contribution in [0.4, 0.5) is 0 Å². The van der Waals surface area contributed by atoms with Crippen molar-refractivity contribution in [1.29, 1.82) is 0 Å². The number of hydrogen-bond acceptors (Lipinski definition) is 1. The normalized spacial score (nSPS) is 15.8. The van der Waals surface area contributed by atoms with Crippen LogP contribution >= 0.6 is 11.6 Å². The number of halogens is 1. The molecule has 86 valence electrons. The van der Waals surface area contributed by atoms with E-state index in [1.807, 2.05) is 6.07 Å². The summed E-state index contributed by atoms with van der Waals surface area (Å²) in [6.45, 7) is 3.06. The minimum absolute atomic E-state index is 0.852. The van der Waals surface area contributed by atoms with Gasteiger partial charge in [-0.15, -0.1) is 0 Å². The van der Waals surface area contributed by atoms with E-state index in [0.29, 0.717) is 0 Å². The molecule has 1 heterocycles. The molecule has 0 aliphatic carbocycles. The fraction of sp³-hybridized carbons (Fsp3) is 0.200. The molecule has 0 radical (unpaired) electrons. The molecule has 2 aromatic rings. The fourth-order valence-electron chi connectivity index (χ4n) is 2.32. The lowest BCUT2D eigenvalue weighted by molar-refractivity contribution is 0.345. The largest absolute Gasteiger partial charge is 0.292 e. The highest BCUT2D eigenvalue weighted by molar-refractivity contribution is 6.35. The van der Waals surface area contributed by atoms with E-state index in [4.69, 9.17) is 11.6 Å². The first-order chi connectivity index (χ1) is 8.33. The molecule has 1 aliphatic heterocycles. The topological polar surface area (TPSA) is 3.24 Å². The smallest absolute Gasteiger partial charge is 0.0487 e. The molecular formula is C15H14ClN. The second-order valence-electron chi connectivity index (χ2n) is 4.46. The van der Waals surface area contributed by atoms with Crippen molar-refractivity contribution in [2.24, 2.45) is 0 Å². The summed E-state index contributed by atoms with van der Waals surface area (Å²) in [5, 5.41) is 3.21. The van der Waals surface area contributed by atoms with Gasteiger partial charge in [0, 0.05) is 30.0 Å². The van der Waals surface area contributed by atoms with Crippen molar-refractivity contribution in [2.45, 2.75) is 6.54 Å². The monoisotopic (exact) mass is 243 g/mol. The van der Waals surface area contributed by atoms with Gasteiger partial charge < -0.3 is 0 Å². The van der Waals surface area contributed by atoms with Crippen LogP contribution in [0.3, 0.4) is 0 Å². The Hall–Kier alpha value is -1.31. The Labute approximate surface area is 106 Å². The summed E-state index contributed by atoms with van der Waals surface area (Å²) in [5.74, 6) is 0. The third-order valence-corrected chi connectivity index (χ3v) is 3.48. The van der Waals surface area contributed by atoms with Gasteiger partial charge in [-0.3, -0.25) is 4.90 Å². The molecule has 0 atom stereocenters. The van der Waals surface area contributed by atoms with E-state index in [-0.39, 0.29) is 0 Å². The summed E-state index contributed by atoms with van der Waals surface area (Å²) in [7, 11) is 0. The van der Waals surface area contributed by atoms with E-state index in [1.54, 1.807) is 0 Å². The highest BCUT2D eigenvalue weighted by Gasteiger charge is 2.08. The van der Waals surface area contributed by atoms with E-state index in [9.17, 15) is 0 Å². The zero-order chi connectivity index (χ0) is 11.7. The molecule has 0 aromatic heterocycles. The van der Waals surface area contributed by atoms with Gasteiger partial charge in [0.2, 0.25) is 0 Å². The summed E-state index contributed by atoms with van der Waals surface area (Å²) >= 11 is 6.31. The second kappa shape index (κ2) is 4.52. The fourth-order valence-corrected chi connectivity index (χ4v) is 2.63. The van der Waals surface area contributed by atoms with Crippen LogP contribution in [0.15, 0.2) is 48.6 Å². The molecule has 0 saturated heterocycles. The third kappa shape index (κ3) is 2.21. The van der Waals surface area contributed by atoms with Crippen LogP contribution in [0.25, 0.3) is 10.8 Å². The summed E-state index contributed by atoms with van der Waals surface area (Å²) in [6.07, 6.45) is 4.42. The average Bonchev–Trinajstić information content (AvgIpc) is 2.82. The summed E-state index contributed by atoms with van der Waals surface area (Å²) in [4.78, 5) is 2.39.